The zero-order valence-corrected chi connectivity index (χ0v) is 12.0. The second-order valence-corrected chi connectivity index (χ2v) is 5.52. The van der Waals surface area contributed by atoms with Crippen LogP contribution in [0, 0.1) is 5.82 Å². The van der Waals surface area contributed by atoms with E-state index in [1.54, 1.807) is 12.1 Å². The van der Waals surface area contributed by atoms with Crippen molar-refractivity contribution in [2.45, 2.75) is 12.0 Å². The fourth-order valence-corrected chi connectivity index (χ4v) is 2.68. The highest BCUT2D eigenvalue weighted by atomic mass is 35.5. The highest BCUT2D eigenvalue weighted by Crippen LogP contribution is 2.40. The summed E-state index contributed by atoms with van der Waals surface area (Å²) in [5.74, 6) is -2.08. The van der Waals surface area contributed by atoms with Crippen LogP contribution in [0.5, 0.6) is 0 Å². The van der Waals surface area contributed by atoms with Crippen LogP contribution in [0.15, 0.2) is 42.5 Å². The summed E-state index contributed by atoms with van der Waals surface area (Å²) in [6.07, 6.45) is -0.562. The molecule has 22 heavy (non-hydrogen) atoms. The van der Waals surface area contributed by atoms with E-state index in [0.29, 0.717) is 10.7 Å². The molecule has 0 saturated carbocycles. The average Bonchev–Trinajstić information content (AvgIpc) is 2.71. The van der Waals surface area contributed by atoms with Crippen LogP contribution in [0.1, 0.15) is 22.3 Å². The second-order valence-electron chi connectivity index (χ2n) is 5.08. The highest BCUT2D eigenvalue weighted by molar-refractivity contribution is 6.31. The molecule has 112 valence electrons. The third-order valence-corrected chi connectivity index (χ3v) is 3.88. The molecule has 0 saturated heterocycles. The minimum Gasteiger partial charge on any atom is -0.375 e. The van der Waals surface area contributed by atoms with Gasteiger partial charge in [0.2, 0.25) is 0 Å². The van der Waals surface area contributed by atoms with Gasteiger partial charge in [-0.15, -0.1) is 0 Å². The maximum absolute atomic E-state index is 13.7. The monoisotopic (exact) mass is 319 g/mol. The maximum atomic E-state index is 13.7. The summed E-state index contributed by atoms with van der Waals surface area (Å²) >= 11 is 5.88. The lowest BCUT2D eigenvalue weighted by molar-refractivity contribution is -0.133. The van der Waals surface area contributed by atoms with Gasteiger partial charge in [-0.2, -0.15) is 0 Å². The number of rotatable bonds is 3. The molecule has 1 amide bonds. The maximum Gasteiger partial charge on any atom is 0.261 e. The Labute approximate surface area is 130 Å². The molecule has 3 rings (SSSR count). The van der Waals surface area contributed by atoms with Crippen molar-refractivity contribution in [1.29, 1.82) is 0 Å². The first-order chi connectivity index (χ1) is 10.4. The number of carbonyl (C=O) groups excluding carboxylic acids is 2. The first kappa shape index (κ1) is 14.7. The van der Waals surface area contributed by atoms with E-state index in [2.05, 4.69) is 5.32 Å². The molecule has 1 aliphatic rings. The van der Waals surface area contributed by atoms with Crippen LogP contribution in [-0.2, 0) is 10.4 Å². The largest absolute Gasteiger partial charge is 0.375 e. The van der Waals surface area contributed by atoms with E-state index in [4.69, 9.17) is 11.6 Å². The SMILES string of the molecule is O=C(CC1(O)C(=O)Nc2ccc(Cl)cc21)c1ccccc1F. The van der Waals surface area contributed by atoms with Gasteiger partial charge in [-0.3, -0.25) is 9.59 Å². The Balaban J connectivity index is 1.98. The van der Waals surface area contributed by atoms with Crippen molar-refractivity contribution in [2.75, 3.05) is 5.32 Å². The molecule has 0 radical (unpaired) electrons. The first-order valence-electron chi connectivity index (χ1n) is 6.53. The van der Waals surface area contributed by atoms with Gasteiger partial charge >= 0.3 is 0 Å². The Morgan fingerprint density at radius 2 is 2.00 bits per heavy atom. The van der Waals surface area contributed by atoms with E-state index in [-0.39, 0.29) is 11.1 Å². The van der Waals surface area contributed by atoms with E-state index < -0.39 is 29.5 Å². The van der Waals surface area contributed by atoms with Gasteiger partial charge in [0, 0.05) is 16.3 Å². The Morgan fingerprint density at radius 1 is 1.27 bits per heavy atom. The number of anilines is 1. The van der Waals surface area contributed by atoms with Crippen LogP contribution < -0.4 is 5.32 Å². The number of aliphatic hydroxyl groups is 1. The number of amides is 1. The van der Waals surface area contributed by atoms with Crippen LogP contribution in [0.2, 0.25) is 5.02 Å². The van der Waals surface area contributed by atoms with Crippen LogP contribution >= 0.6 is 11.6 Å². The van der Waals surface area contributed by atoms with Gasteiger partial charge in [0.15, 0.2) is 11.4 Å². The first-order valence-corrected chi connectivity index (χ1v) is 6.91. The van der Waals surface area contributed by atoms with Crippen molar-refractivity contribution in [2.24, 2.45) is 0 Å². The molecule has 2 aromatic carbocycles. The number of carbonyl (C=O) groups is 2. The van der Waals surface area contributed by atoms with Crippen molar-refractivity contribution in [3.63, 3.8) is 0 Å². The molecule has 0 fully saturated rings. The quantitative estimate of drug-likeness (QED) is 0.855. The Bertz CT molecular complexity index is 793. The van der Waals surface area contributed by atoms with E-state index in [0.717, 1.165) is 6.07 Å². The molecule has 4 nitrogen and oxygen atoms in total. The van der Waals surface area contributed by atoms with E-state index in [9.17, 15) is 19.1 Å². The van der Waals surface area contributed by atoms with Crippen molar-refractivity contribution in [3.8, 4) is 0 Å². The topological polar surface area (TPSA) is 66.4 Å². The Kier molecular flexibility index (Phi) is 3.47. The fraction of sp³-hybridized carbons (Fsp3) is 0.125. The summed E-state index contributed by atoms with van der Waals surface area (Å²) < 4.78 is 13.7. The average molecular weight is 320 g/mol. The summed E-state index contributed by atoms with van der Waals surface area (Å²) in [4.78, 5) is 24.3. The molecular weight excluding hydrogens is 309 g/mol. The van der Waals surface area contributed by atoms with E-state index >= 15 is 0 Å². The molecule has 0 bridgehead atoms. The molecule has 1 unspecified atom stereocenters. The van der Waals surface area contributed by atoms with Crippen molar-refractivity contribution in [3.05, 3.63) is 64.4 Å². The number of nitrogens with one attached hydrogen (secondary N) is 1. The molecular formula is C16H11ClFNO3. The third kappa shape index (κ3) is 2.28. The van der Waals surface area contributed by atoms with Gasteiger partial charge in [-0.25, -0.2) is 4.39 Å². The number of Topliss-reactive ketones (excluding diaryl/α,β-unsaturated/α-hetero) is 1. The smallest absolute Gasteiger partial charge is 0.261 e. The number of halogens is 2. The molecule has 2 N–H and O–H groups in total. The van der Waals surface area contributed by atoms with Crippen LogP contribution in [0.3, 0.4) is 0 Å². The normalized spacial score (nSPS) is 19.7. The second kappa shape index (κ2) is 5.19. The highest BCUT2D eigenvalue weighted by Gasteiger charge is 2.47. The summed E-state index contributed by atoms with van der Waals surface area (Å²) in [6, 6.07) is 9.96. The van der Waals surface area contributed by atoms with Gasteiger partial charge < -0.3 is 10.4 Å². The standard InChI is InChI=1S/C16H11ClFNO3/c17-9-5-6-13-11(7-9)16(22,15(21)19-13)8-14(20)10-3-1-2-4-12(10)18/h1-7,22H,8H2,(H,19,21). The number of benzene rings is 2. The van der Waals surface area contributed by atoms with Gasteiger partial charge in [-0.05, 0) is 30.3 Å². The van der Waals surface area contributed by atoms with Gasteiger partial charge in [0.25, 0.3) is 5.91 Å². The lowest BCUT2D eigenvalue weighted by atomic mass is 9.88. The molecule has 0 spiro atoms. The van der Waals surface area contributed by atoms with E-state index in [1.165, 1.54) is 24.3 Å². The van der Waals surface area contributed by atoms with Crippen molar-refractivity contribution >= 4 is 29.0 Å². The molecule has 0 aliphatic carbocycles. The van der Waals surface area contributed by atoms with Crippen molar-refractivity contribution < 1.29 is 19.1 Å². The Morgan fingerprint density at radius 3 is 2.73 bits per heavy atom. The summed E-state index contributed by atoms with van der Waals surface area (Å²) in [6.45, 7) is 0. The van der Waals surface area contributed by atoms with Crippen LogP contribution in [0.25, 0.3) is 0 Å². The number of ketones is 1. The summed E-state index contributed by atoms with van der Waals surface area (Å²) in [5, 5.41) is 13.5. The predicted octanol–water partition coefficient (Wildman–Crippen LogP) is 2.89. The molecule has 0 aromatic heterocycles. The number of hydrogen-bond donors (Lipinski definition) is 2. The van der Waals surface area contributed by atoms with Crippen molar-refractivity contribution in [1.82, 2.24) is 0 Å². The van der Waals surface area contributed by atoms with Gasteiger partial charge in [-0.1, -0.05) is 23.7 Å². The third-order valence-electron chi connectivity index (χ3n) is 3.64. The van der Waals surface area contributed by atoms with Gasteiger partial charge in [0.05, 0.1) is 12.0 Å². The van der Waals surface area contributed by atoms with Gasteiger partial charge in [0.1, 0.15) is 5.82 Å². The summed E-state index contributed by atoms with van der Waals surface area (Å²) in [7, 11) is 0. The molecule has 1 atom stereocenters. The lowest BCUT2D eigenvalue weighted by Gasteiger charge is -2.20. The van der Waals surface area contributed by atoms with E-state index in [1.807, 2.05) is 0 Å². The minimum absolute atomic E-state index is 0.167. The summed E-state index contributed by atoms with van der Waals surface area (Å²) in [5.41, 5.74) is -1.62. The lowest BCUT2D eigenvalue weighted by Crippen LogP contribution is -2.36. The minimum atomic E-state index is -2.06. The fourth-order valence-electron chi connectivity index (χ4n) is 2.51. The zero-order valence-electron chi connectivity index (χ0n) is 11.3. The zero-order chi connectivity index (χ0) is 15.9. The molecule has 6 heteroatoms. The number of hydrogen-bond acceptors (Lipinski definition) is 3. The molecule has 1 aliphatic heterocycles. The number of fused-ring (bicyclic) bond motifs is 1. The van der Waals surface area contributed by atoms with Crippen LogP contribution in [-0.4, -0.2) is 16.8 Å². The Hall–Kier alpha value is -2.24. The molecule has 2 aromatic rings. The van der Waals surface area contributed by atoms with Crippen LogP contribution in [0.4, 0.5) is 10.1 Å². The molecule has 1 heterocycles. The predicted molar refractivity (Wildman–Crippen MR) is 79.3 cm³/mol.